The third kappa shape index (κ3) is 14.6. The summed E-state index contributed by atoms with van der Waals surface area (Å²) in [4.78, 5) is 57.3. The Kier molecular flexibility index (Phi) is 14.6. The van der Waals surface area contributed by atoms with Crippen molar-refractivity contribution in [1.29, 1.82) is 0 Å². The van der Waals surface area contributed by atoms with Gasteiger partial charge in [-0.1, -0.05) is 13.2 Å². The molecule has 0 saturated heterocycles. The zero-order chi connectivity index (χ0) is 24.5. The molecule has 0 rings (SSSR count). The molecule has 0 unspecified atom stereocenters. The summed E-state index contributed by atoms with van der Waals surface area (Å²) in [5.74, 6) is -1.38. The molecule has 1 atom stereocenters. The van der Waals surface area contributed by atoms with Crippen LogP contribution in [-0.2, 0) is 33.3 Å². The minimum atomic E-state index is -0.800. The van der Waals surface area contributed by atoms with E-state index in [1.54, 1.807) is 0 Å². The lowest BCUT2D eigenvalue weighted by atomic mass is 10.1. The molecule has 0 saturated carbocycles. The minimum absolute atomic E-state index is 0.0719. The van der Waals surface area contributed by atoms with Gasteiger partial charge in [-0.3, -0.25) is 4.79 Å². The number of amides is 2. The summed E-state index contributed by atoms with van der Waals surface area (Å²) in [5, 5.41) is 4.97. The first-order chi connectivity index (χ1) is 15.0. The van der Waals surface area contributed by atoms with Crippen molar-refractivity contribution in [2.45, 2.75) is 46.1 Å². The average molecular weight is 456 g/mol. The molecule has 0 aliphatic rings. The predicted molar refractivity (Wildman–Crippen MR) is 114 cm³/mol. The molecule has 11 heteroatoms. The summed E-state index contributed by atoms with van der Waals surface area (Å²) in [5.41, 5.74) is 0.489. The number of carbonyl (C=O) groups excluding carboxylic acids is 5. The Morgan fingerprint density at radius 1 is 0.719 bits per heavy atom. The molecule has 2 amide bonds. The lowest BCUT2D eigenvalue weighted by Crippen LogP contribution is -2.40. The fourth-order valence-electron chi connectivity index (χ4n) is 2.06. The highest BCUT2D eigenvalue weighted by atomic mass is 16.6. The van der Waals surface area contributed by atoms with Gasteiger partial charge < -0.3 is 29.6 Å². The standard InChI is InChI=1S/C21H32N2O9/c1-14(2)18(25)29-10-12-31-20(27)22-9-7-6-8-17(16(5)24)23-21(28)32-13-11-30-19(26)15(3)4/h17H,1,3,6-13H2,2,4-5H3,(H,22,27)(H,23,28)/t17-/m0/s1. The fraction of sp³-hybridized carbons (Fsp3) is 0.571. The summed E-state index contributed by atoms with van der Waals surface area (Å²) < 4.78 is 19.3. The number of carbonyl (C=O) groups is 5. The molecule has 0 aliphatic carbocycles. The average Bonchev–Trinajstić information content (AvgIpc) is 2.72. The first-order valence-corrected chi connectivity index (χ1v) is 10.0. The van der Waals surface area contributed by atoms with E-state index in [1.807, 2.05) is 0 Å². The number of alkyl carbamates (subject to hydrolysis) is 2. The van der Waals surface area contributed by atoms with Gasteiger partial charge in [0.05, 0.1) is 6.04 Å². The van der Waals surface area contributed by atoms with Crippen molar-refractivity contribution in [2.75, 3.05) is 33.0 Å². The van der Waals surface area contributed by atoms with Gasteiger partial charge >= 0.3 is 24.1 Å². The van der Waals surface area contributed by atoms with Crippen molar-refractivity contribution in [3.63, 3.8) is 0 Å². The molecule has 0 fully saturated rings. The number of ketones is 1. The summed E-state index contributed by atoms with van der Waals surface area (Å²) in [6, 6.07) is -0.740. The topological polar surface area (TPSA) is 146 Å². The van der Waals surface area contributed by atoms with Crippen LogP contribution in [0, 0.1) is 0 Å². The second-order valence-corrected chi connectivity index (χ2v) is 6.83. The molecule has 2 N–H and O–H groups in total. The molecule has 0 aromatic heterocycles. The Bertz CT molecular complexity index is 703. The van der Waals surface area contributed by atoms with E-state index in [2.05, 4.69) is 23.8 Å². The number of esters is 2. The van der Waals surface area contributed by atoms with Crippen LogP contribution in [0.15, 0.2) is 24.3 Å². The van der Waals surface area contributed by atoms with E-state index >= 15 is 0 Å². The molecule has 0 bridgehead atoms. The second kappa shape index (κ2) is 16.3. The Morgan fingerprint density at radius 3 is 1.66 bits per heavy atom. The molecule has 0 aromatic rings. The van der Waals surface area contributed by atoms with Crippen LogP contribution in [0.2, 0.25) is 0 Å². The third-order valence-electron chi connectivity index (χ3n) is 3.77. The molecule has 11 nitrogen and oxygen atoms in total. The number of ether oxygens (including phenoxy) is 4. The highest BCUT2D eigenvalue weighted by Crippen LogP contribution is 2.03. The quantitative estimate of drug-likeness (QED) is 0.163. The normalized spacial score (nSPS) is 10.8. The van der Waals surface area contributed by atoms with Crippen LogP contribution in [0.4, 0.5) is 9.59 Å². The summed E-state index contributed by atoms with van der Waals surface area (Å²) in [6.07, 6.45) is -0.0315. The lowest BCUT2D eigenvalue weighted by Gasteiger charge is -2.16. The van der Waals surface area contributed by atoms with Crippen LogP contribution < -0.4 is 10.6 Å². The van der Waals surface area contributed by atoms with Gasteiger partial charge in [0.15, 0.2) is 5.78 Å². The van der Waals surface area contributed by atoms with Crippen molar-refractivity contribution in [3.05, 3.63) is 24.3 Å². The number of hydrogen-bond acceptors (Lipinski definition) is 9. The van der Waals surface area contributed by atoms with Crippen LogP contribution in [-0.4, -0.2) is 68.9 Å². The first-order valence-electron chi connectivity index (χ1n) is 10.0. The molecule has 32 heavy (non-hydrogen) atoms. The summed E-state index contributed by atoms with van der Waals surface area (Å²) in [7, 11) is 0. The predicted octanol–water partition coefficient (Wildman–Crippen LogP) is 1.81. The Hall–Kier alpha value is -3.37. The Balaban J connectivity index is 3.95. The van der Waals surface area contributed by atoms with Gasteiger partial charge in [0.1, 0.15) is 26.4 Å². The van der Waals surface area contributed by atoms with Crippen molar-refractivity contribution in [2.24, 2.45) is 0 Å². The molecular weight excluding hydrogens is 424 g/mol. The maximum Gasteiger partial charge on any atom is 0.407 e. The number of Topliss-reactive ketones (excluding diaryl/α,β-unsaturated/α-hetero) is 1. The van der Waals surface area contributed by atoms with Crippen LogP contribution in [0.3, 0.4) is 0 Å². The van der Waals surface area contributed by atoms with Gasteiger partial charge in [-0.25, -0.2) is 19.2 Å². The van der Waals surface area contributed by atoms with E-state index < -0.39 is 30.2 Å². The highest BCUT2D eigenvalue weighted by Gasteiger charge is 2.17. The smallest absolute Gasteiger partial charge is 0.407 e. The van der Waals surface area contributed by atoms with E-state index in [4.69, 9.17) is 18.9 Å². The van der Waals surface area contributed by atoms with E-state index in [-0.39, 0.29) is 43.4 Å². The number of unbranched alkanes of at least 4 members (excludes halogenated alkanes) is 1. The van der Waals surface area contributed by atoms with Gasteiger partial charge in [0, 0.05) is 17.7 Å². The van der Waals surface area contributed by atoms with E-state index in [0.717, 1.165) is 0 Å². The third-order valence-corrected chi connectivity index (χ3v) is 3.77. The monoisotopic (exact) mass is 456 g/mol. The molecule has 0 heterocycles. The minimum Gasteiger partial charge on any atom is -0.459 e. The Morgan fingerprint density at radius 2 is 1.19 bits per heavy atom. The molecule has 0 aromatic carbocycles. The van der Waals surface area contributed by atoms with Gasteiger partial charge in [-0.05, 0) is 40.0 Å². The van der Waals surface area contributed by atoms with E-state index in [9.17, 15) is 24.0 Å². The highest BCUT2D eigenvalue weighted by molar-refractivity contribution is 5.87. The lowest BCUT2D eigenvalue weighted by molar-refractivity contribution is -0.140. The summed E-state index contributed by atoms with van der Waals surface area (Å²) in [6.45, 7) is 11.1. The maximum atomic E-state index is 11.8. The van der Waals surface area contributed by atoms with Crippen LogP contribution in [0.1, 0.15) is 40.0 Å². The molecular formula is C21H32N2O9. The molecule has 0 radical (unpaired) electrons. The van der Waals surface area contributed by atoms with Crippen molar-refractivity contribution in [3.8, 4) is 0 Å². The SMILES string of the molecule is C=C(C)C(=O)OCCOC(=O)NCCCC[C@H](NC(=O)OCCOC(=O)C(=C)C)C(C)=O. The molecule has 0 aliphatic heterocycles. The van der Waals surface area contributed by atoms with E-state index in [0.29, 0.717) is 25.8 Å². The van der Waals surface area contributed by atoms with Crippen molar-refractivity contribution in [1.82, 2.24) is 10.6 Å². The van der Waals surface area contributed by atoms with Gasteiger partial charge in [-0.15, -0.1) is 0 Å². The van der Waals surface area contributed by atoms with Crippen molar-refractivity contribution >= 4 is 29.9 Å². The zero-order valence-electron chi connectivity index (χ0n) is 18.8. The summed E-state index contributed by atoms with van der Waals surface area (Å²) >= 11 is 0. The zero-order valence-corrected chi connectivity index (χ0v) is 18.8. The van der Waals surface area contributed by atoms with Gasteiger partial charge in [-0.2, -0.15) is 0 Å². The Labute approximate surface area is 187 Å². The van der Waals surface area contributed by atoms with Crippen molar-refractivity contribution < 1.29 is 42.9 Å². The van der Waals surface area contributed by atoms with E-state index in [1.165, 1.54) is 20.8 Å². The molecule has 180 valence electrons. The van der Waals surface area contributed by atoms with Crippen LogP contribution in [0.25, 0.3) is 0 Å². The number of hydrogen-bond donors (Lipinski definition) is 2. The molecule has 0 spiro atoms. The van der Waals surface area contributed by atoms with Gasteiger partial charge in [0.2, 0.25) is 0 Å². The second-order valence-electron chi connectivity index (χ2n) is 6.83. The van der Waals surface area contributed by atoms with Crippen LogP contribution >= 0.6 is 0 Å². The number of rotatable bonds is 15. The van der Waals surface area contributed by atoms with Gasteiger partial charge in [0.25, 0.3) is 0 Å². The fourth-order valence-corrected chi connectivity index (χ4v) is 2.06. The maximum absolute atomic E-state index is 11.8. The van der Waals surface area contributed by atoms with Crippen LogP contribution in [0.5, 0.6) is 0 Å². The first kappa shape index (κ1) is 28.6. The number of nitrogens with one attached hydrogen (secondary N) is 2. The largest absolute Gasteiger partial charge is 0.459 e.